The smallest absolute Gasteiger partial charge is 0.340 e. The fourth-order valence-corrected chi connectivity index (χ4v) is 1.84. The van der Waals surface area contributed by atoms with E-state index >= 15 is 0 Å². The molecule has 0 fully saturated rings. The van der Waals surface area contributed by atoms with Gasteiger partial charge in [-0.15, -0.1) is 0 Å². The van der Waals surface area contributed by atoms with Gasteiger partial charge in [-0.25, -0.2) is 4.79 Å². The quantitative estimate of drug-likeness (QED) is 0.452. The molecular formula is C16H24N2O4. The molecule has 0 spiro atoms. The number of nitrogen functional groups attached to an aromatic ring is 1. The van der Waals surface area contributed by atoms with Crippen LogP contribution in [0, 0.1) is 0 Å². The zero-order valence-electron chi connectivity index (χ0n) is 13.4. The highest BCUT2D eigenvalue weighted by Crippen LogP contribution is 2.24. The minimum absolute atomic E-state index is 0.0342. The molecule has 0 heterocycles. The summed E-state index contributed by atoms with van der Waals surface area (Å²) in [5.74, 6) is -0.726. The summed E-state index contributed by atoms with van der Waals surface area (Å²) in [5.41, 5.74) is 6.95. The second-order valence-electron chi connectivity index (χ2n) is 4.86. The molecule has 2 N–H and O–H groups in total. The van der Waals surface area contributed by atoms with E-state index in [1.165, 1.54) is 4.90 Å². The third-order valence-corrected chi connectivity index (χ3v) is 3.12. The molecule has 0 aromatic heterocycles. The maximum absolute atomic E-state index is 12.2. The number of benzene rings is 1. The lowest BCUT2D eigenvalue weighted by molar-refractivity contribution is -0.122. The highest BCUT2D eigenvalue weighted by molar-refractivity contribution is 6.03. The first kappa shape index (κ1) is 18.0. The lowest BCUT2D eigenvalue weighted by Crippen LogP contribution is -2.31. The summed E-state index contributed by atoms with van der Waals surface area (Å²) in [4.78, 5) is 25.5. The van der Waals surface area contributed by atoms with Crippen LogP contribution in [0.3, 0.4) is 0 Å². The lowest BCUT2D eigenvalue weighted by atomic mass is 10.1. The number of likely N-dealkylation sites (N-methyl/N-ethyl adjacent to an activating group) is 1. The molecule has 0 atom stereocenters. The van der Waals surface area contributed by atoms with E-state index in [1.807, 2.05) is 0 Å². The van der Waals surface area contributed by atoms with Crippen LogP contribution < -0.4 is 10.6 Å². The predicted octanol–water partition coefficient (Wildman–Crippen LogP) is 2.23. The molecular weight excluding hydrogens is 284 g/mol. The maximum atomic E-state index is 12.2. The van der Waals surface area contributed by atoms with Gasteiger partial charge in [-0.05, 0) is 31.5 Å². The van der Waals surface area contributed by atoms with Crippen molar-refractivity contribution in [3.8, 4) is 0 Å². The second kappa shape index (κ2) is 9.04. The molecule has 1 rings (SSSR count). The first-order valence-corrected chi connectivity index (χ1v) is 7.42. The molecule has 0 aliphatic rings. The Kier molecular flexibility index (Phi) is 7.39. The number of hydrogen-bond acceptors (Lipinski definition) is 5. The molecule has 0 aliphatic heterocycles. The number of carbonyl (C=O) groups excluding carboxylic acids is 2. The van der Waals surface area contributed by atoms with Crippen LogP contribution in [0.1, 0.15) is 37.0 Å². The number of ether oxygens (including phenoxy) is 2. The van der Waals surface area contributed by atoms with Gasteiger partial charge in [-0.1, -0.05) is 13.3 Å². The molecule has 0 saturated heterocycles. The Balaban J connectivity index is 2.86. The van der Waals surface area contributed by atoms with Gasteiger partial charge >= 0.3 is 5.97 Å². The molecule has 122 valence electrons. The minimum atomic E-state index is -0.482. The van der Waals surface area contributed by atoms with Crippen LogP contribution in [-0.2, 0) is 14.3 Å². The maximum Gasteiger partial charge on any atom is 0.340 e. The zero-order valence-corrected chi connectivity index (χ0v) is 13.4. The van der Waals surface area contributed by atoms with Crippen LogP contribution in [0.4, 0.5) is 11.4 Å². The van der Waals surface area contributed by atoms with E-state index in [0.29, 0.717) is 23.5 Å². The Morgan fingerprint density at radius 1 is 1.27 bits per heavy atom. The highest BCUT2D eigenvalue weighted by Gasteiger charge is 2.20. The average Bonchev–Trinajstić information content (AvgIpc) is 2.50. The van der Waals surface area contributed by atoms with Crippen LogP contribution in [0.5, 0.6) is 0 Å². The van der Waals surface area contributed by atoms with Crippen LogP contribution >= 0.6 is 0 Å². The summed E-state index contributed by atoms with van der Waals surface area (Å²) in [7, 11) is 1.59. The van der Waals surface area contributed by atoms with Crippen LogP contribution in [-0.4, -0.2) is 38.7 Å². The summed E-state index contributed by atoms with van der Waals surface area (Å²) in [6.45, 7) is 4.55. The van der Waals surface area contributed by atoms with Gasteiger partial charge in [-0.2, -0.15) is 0 Å². The summed E-state index contributed by atoms with van der Waals surface area (Å²) in [5, 5.41) is 0. The number of hydrogen-bond donors (Lipinski definition) is 1. The molecule has 6 heteroatoms. The van der Waals surface area contributed by atoms with Crippen molar-refractivity contribution in [2.45, 2.75) is 26.7 Å². The van der Waals surface area contributed by atoms with Crippen molar-refractivity contribution >= 4 is 23.3 Å². The molecule has 1 aromatic rings. The molecule has 6 nitrogen and oxygen atoms in total. The van der Waals surface area contributed by atoms with E-state index in [2.05, 4.69) is 6.92 Å². The standard InChI is InChI=1S/C16H24N2O4/c1-4-6-9-21-11-15(19)18(3)14-10-12(17)7-8-13(14)16(20)22-5-2/h7-8,10H,4-6,9,11,17H2,1-3H3. The Morgan fingerprint density at radius 3 is 2.64 bits per heavy atom. The number of esters is 1. The van der Waals surface area contributed by atoms with Crippen LogP contribution in [0.25, 0.3) is 0 Å². The predicted molar refractivity (Wildman–Crippen MR) is 85.9 cm³/mol. The van der Waals surface area contributed by atoms with Crippen molar-refractivity contribution < 1.29 is 19.1 Å². The normalized spacial score (nSPS) is 10.3. The first-order valence-electron chi connectivity index (χ1n) is 7.42. The monoisotopic (exact) mass is 308 g/mol. The second-order valence-corrected chi connectivity index (χ2v) is 4.86. The minimum Gasteiger partial charge on any atom is -0.462 e. The van der Waals surface area contributed by atoms with Gasteiger partial charge in [0, 0.05) is 19.3 Å². The summed E-state index contributed by atoms with van der Waals surface area (Å²) in [6, 6.07) is 4.74. The van der Waals surface area contributed by atoms with Crippen molar-refractivity contribution in [1.82, 2.24) is 0 Å². The SMILES string of the molecule is CCCCOCC(=O)N(C)c1cc(N)ccc1C(=O)OCC. The van der Waals surface area contributed by atoms with Gasteiger partial charge in [0.1, 0.15) is 6.61 Å². The van der Waals surface area contributed by atoms with E-state index in [0.717, 1.165) is 12.8 Å². The topological polar surface area (TPSA) is 81.9 Å². The molecule has 0 unspecified atom stereocenters. The van der Waals surface area contributed by atoms with E-state index in [-0.39, 0.29) is 19.1 Å². The van der Waals surface area contributed by atoms with E-state index in [9.17, 15) is 9.59 Å². The third-order valence-electron chi connectivity index (χ3n) is 3.12. The van der Waals surface area contributed by atoms with Crippen LogP contribution in [0.15, 0.2) is 18.2 Å². The summed E-state index contributed by atoms with van der Waals surface area (Å²) in [6.07, 6.45) is 1.91. The Labute approximate surface area is 131 Å². The molecule has 0 aliphatic carbocycles. The van der Waals surface area contributed by atoms with Crippen LogP contribution in [0.2, 0.25) is 0 Å². The largest absolute Gasteiger partial charge is 0.462 e. The van der Waals surface area contributed by atoms with E-state index in [1.54, 1.807) is 32.2 Å². The lowest BCUT2D eigenvalue weighted by Gasteiger charge is -2.20. The van der Waals surface area contributed by atoms with Gasteiger partial charge in [0.25, 0.3) is 5.91 Å². The number of amides is 1. The number of nitrogens with two attached hydrogens (primary N) is 1. The first-order chi connectivity index (χ1) is 10.5. The van der Waals surface area contributed by atoms with E-state index < -0.39 is 5.97 Å². The van der Waals surface area contributed by atoms with Gasteiger partial charge in [0.2, 0.25) is 0 Å². The molecule has 0 bridgehead atoms. The molecule has 1 amide bonds. The Bertz CT molecular complexity index is 517. The van der Waals surface area contributed by atoms with Gasteiger partial charge in [-0.3, -0.25) is 4.79 Å². The van der Waals surface area contributed by atoms with Crippen molar-refractivity contribution in [3.63, 3.8) is 0 Å². The third kappa shape index (κ3) is 5.04. The number of unbranched alkanes of at least 4 members (excludes halogenated alkanes) is 1. The molecule has 1 aromatic carbocycles. The van der Waals surface area contributed by atoms with Gasteiger partial charge in [0.05, 0.1) is 17.9 Å². The fraction of sp³-hybridized carbons (Fsp3) is 0.500. The van der Waals surface area contributed by atoms with Gasteiger partial charge in [0.15, 0.2) is 0 Å². The molecule has 0 radical (unpaired) electrons. The van der Waals surface area contributed by atoms with Crippen molar-refractivity contribution in [2.75, 3.05) is 37.5 Å². The highest BCUT2D eigenvalue weighted by atomic mass is 16.5. The van der Waals surface area contributed by atoms with Gasteiger partial charge < -0.3 is 20.1 Å². The van der Waals surface area contributed by atoms with Crippen molar-refractivity contribution in [1.29, 1.82) is 0 Å². The summed E-state index contributed by atoms with van der Waals surface area (Å²) >= 11 is 0. The number of rotatable bonds is 8. The van der Waals surface area contributed by atoms with Crippen molar-refractivity contribution in [3.05, 3.63) is 23.8 Å². The number of carbonyl (C=O) groups is 2. The zero-order chi connectivity index (χ0) is 16.5. The Hall–Kier alpha value is -2.08. The molecule has 22 heavy (non-hydrogen) atoms. The van der Waals surface area contributed by atoms with E-state index in [4.69, 9.17) is 15.2 Å². The molecule has 0 saturated carbocycles. The number of anilines is 2. The van der Waals surface area contributed by atoms with Crippen molar-refractivity contribution in [2.24, 2.45) is 0 Å². The fourth-order valence-electron chi connectivity index (χ4n) is 1.84. The average molecular weight is 308 g/mol. The Morgan fingerprint density at radius 2 is 2.00 bits per heavy atom. The summed E-state index contributed by atoms with van der Waals surface area (Å²) < 4.78 is 10.3. The number of nitrogens with zero attached hydrogens (tertiary/aromatic N) is 1.